The minimum Gasteiger partial charge on any atom is -0.383 e. The van der Waals surface area contributed by atoms with Crippen molar-refractivity contribution in [1.29, 1.82) is 0 Å². The first-order valence-corrected chi connectivity index (χ1v) is 6.15. The molecule has 1 rings (SSSR count). The third-order valence-electron chi connectivity index (χ3n) is 3.47. The fourth-order valence-electron chi connectivity index (χ4n) is 2.25. The lowest BCUT2D eigenvalue weighted by Crippen LogP contribution is -2.46. The number of nitrogens with two attached hydrogens (primary N) is 1. The van der Waals surface area contributed by atoms with Crippen LogP contribution in [0.5, 0.6) is 0 Å². The fourth-order valence-corrected chi connectivity index (χ4v) is 2.25. The van der Waals surface area contributed by atoms with Gasteiger partial charge >= 0.3 is 0 Å². The summed E-state index contributed by atoms with van der Waals surface area (Å²) < 4.78 is 4.96. The highest BCUT2D eigenvalue weighted by molar-refractivity contribution is 5.79. The number of nitrogens with one attached hydrogen (secondary N) is 1. The fraction of sp³-hybridized carbons (Fsp3) is 0.917. The minimum atomic E-state index is -0.343. The van der Waals surface area contributed by atoms with Crippen molar-refractivity contribution in [3.63, 3.8) is 0 Å². The molecule has 0 heterocycles. The van der Waals surface area contributed by atoms with Crippen LogP contribution in [0.15, 0.2) is 0 Å². The van der Waals surface area contributed by atoms with Crippen molar-refractivity contribution in [2.45, 2.75) is 38.6 Å². The van der Waals surface area contributed by atoms with Crippen molar-refractivity contribution in [3.05, 3.63) is 0 Å². The van der Waals surface area contributed by atoms with E-state index in [2.05, 4.69) is 12.2 Å². The molecular weight excluding hydrogens is 204 g/mol. The number of ether oxygens (including phenoxy) is 1. The number of primary amides is 1. The Morgan fingerprint density at radius 3 is 2.56 bits per heavy atom. The largest absolute Gasteiger partial charge is 0.383 e. The Hall–Kier alpha value is -0.610. The molecule has 0 spiro atoms. The van der Waals surface area contributed by atoms with E-state index in [1.54, 1.807) is 7.11 Å². The number of carbonyl (C=O) groups excluding carboxylic acids is 1. The van der Waals surface area contributed by atoms with Crippen molar-refractivity contribution in [1.82, 2.24) is 5.32 Å². The van der Waals surface area contributed by atoms with Crippen molar-refractivity contribution < 1.29 is 9.53 Å². The predicted molar refractivity (Wildman–Crippen MR) is 64.0 cm³/mol. The van der Waals surface area contributed by atoms with E-state index in [4.69, 9.17) is 10.5 Å². The van der Waals surface area contributed by atoms with Crippen molar-refractivity contribution in [3.8, 4) is 0 Å². The Kier molecular flexibility index (Phi) is 5.77. The molecule has 1 amide bonds. The topological polar surface area (TPSA) is 64.3 Å². The van der Waals surface area contributed by atoms with E-state index in [0.29, 0.717) is 12.5 Å². The molecule has 0 radical (unpaired) electrons. The predicted octanol–water partition coefficient (Wildman–Crippen LogP) is 0.903. The summed E-state index contributed by atoms with van der Waals surface area (Å²) in [4.78, 5) is 11.1. The third kappa shape index (κ3) is 4.49. The lowest BCUT2D eigenvalue weighted by Gasteiger charge is -2.27. The van der Waals surface area contributed by atoms with Crippen LogP contribution in [0.3, 0.4) is 0 Å². The lowest BCUT2D eigenvalue weighted by atomic mass is 9.83. The number of methoxy groups -OCH3 is 1. The summed E-state index contributed by atoms with van der Waals surface area (Å²) in [5.74, 6) is 1.23. The summed E-state index contributed by atoms with van der Waals surface area (Å²) in [7, 11) is 1.58. The molecule has 0 saturated heterocycles. The van der Waals surface area contributed by atoms with Crippen LogP contribution in [-0.4, -0.2) is 32.2 Å². The van der Waals surface area contributed by atoms with Gasteiger partial charge in [0, 0.05) is 7.11 Å². The van der Waals surface area contributed by atoms with Crippen LogP contribution in [-0.2, 0) is 9.53 Å². The molecule has 16 heavy (non-hydrogen) atoms. The van der Waals surface area contributed by atoms with Gasteiger partial charge in [0.25, 0.3) is 0 Å². The van der Waals surface area contributed by atoms with E-state index in [1.165, 1.54) is 25.7 Å². The van der Waals surface area contributed by atoms with Gasteiger partial charge in [-0.25, -0.2) is 0 Å². The Morgan fingerprint density at radius 2 is 2.06 bits per heavy atom. The van der Waals surface area contributed by atoms with Crippen molar-refractivity contribution >= 4 is 5.91 Å². The first-order chi connectivity index (χ1) is 7.63. The molecule has 0 bridgehead atoms. The molecule has 1 saturated carbocycles. The van der Waals surface area contributed by atoms with Gasteiger partial charge in [0.05, 0.1) is 6.61 Å². The summed E-state index contributed by atoms with van der Waals surface area (Å²) in [6.45, 7) is 3.54. The molecule has 1 unspecified atom stereocenters. The Morgan fingerprint density at radius 1 is 1.44 bits per heavy atom. The van der Waals surface area contributed by atoms with Gasteiger partial charge in [-0.05, 0) is 31.2 Å². The zero-order valence-corrected chi connectivity index (χ0v) is 10.4. The number of carbonyl (C=O) groups is 1. The second kappa shape index (κ2) is 6.86. The standard InChI is InChI=1S/C12H24N2O2/c1-9-3-5-10(6-4-9)7-14-11(8-16-2)12(13)15/h9-11,14H,3-8H2,1-2H3,(H2,13,15). The van der Waals surface area contributed by atoms with Gasteiger partial charge in [0.1, 0.15) is 6.04 Å². The van der Waals surface area contributed by atoms with Crippen LogP contribution in [0.2, 0.25) is 0 Å². The Labute approximate surface area is 97.9 Å². The molecule has 4 nitrogen and oxygen atoms in total. The molecule has 0 aromatic rings. The number of hydrogen-bond acceptors (Lipinski definition) is 3. The van der Waals surface area contributed by atoms with Crippen LogP contribution in [0, 0.1) is 11.8 Å². The van der Waals surface area contributed by atoms with E-state index in [9.17, 15) is 4.79 Å². The molecule has 0 aliphatic heterocycles. The highest BCUT2D eigenvalue weighted by atomic mass is 16.5. The summed E-state index contributed by atoms with van der Waals surface area (Å²) in [5.41, 5.74) is 5.28. The molecule has 4 heteroatoms. The number of amides is 1. The van der Waals surface area contributed by atoms with Gasteiger partial charge < -0.3 is 15.8 Å². The summed E-state index contributed by atoms with van der Waals surface area (Å²) >= 11 is 0. The maximum atomic E-state index is 11.1. The van der Waals surface area contributed by atoms with Gasteiger partial charge in [-0.1, -0.05) is 19.8 Å². The normalized spacial score (nSPS) is 27.6. The van der Waals surface area contributed by atoms with E-state index in [0.717, 1.165) is 12.5 Å². The first kappa shape index (κ1) is 13.5. The second-order valence-electron chi connectivity index (χ2n) is 4.94. The monoisotopic (exact) mass is 228 g/mol. The molecule has 1 atom stereocenters. The van der Waals surface area contributed by atoms with Gasteiger partial charge in [0.15, 0.2) is 0 Å². The van der Waals surface area contributed by atoms with E-state index >= 15 is 0 Å². The maximum absolute atomic E-state index is 11.1. The number of hydrogen-bond donors (Lipinski definition) is 2. The second-order valence-corrected chi connectivity index (χ2v) is 4.94. The highest BCUT2D eigenvalue weighted by Crippen LogP contribution is 2.27. The number of rotatable bonds is 6. The lowest BCUT2D eigenvalue weighted by molar-refractivity contribution is -0.121. The Balaban J connectivity index is 2.23. The third-order valence-corrected chi connectivity index (χ3v) is 3.47. The van der Waals surface area contributed by atoms with E-state index < -0.39 is 0 Å². The summed E-state index contributed by atoms with van der Waals surface area (Å²) in [6, 6.07) is -0.343. The SMILES string of the molecule is COCC(NCC1CCC(C)CC1)C(N)=O. The average Bonchev–Trinajstić information content (AvgIpc) is 2.26. The Bertz CT molecular complexity index is 213. The van der Waals surface area contributed by atoms with Crippen LogP contribution in [0.1, 0.15) is 32.6 Å². The minimum absolute atomic E-state index is 0.328. The van der Waals surface area contributed by atoms with Crippen molar-refractivity contribution in [2.24, 2.45) is 17.6 Å². The van der Waals surface area contributed by atoms with Crippen LogP contribution >= 0.6 is 0 Å². The highest BCUT2D eigenvalue weighted by Gasteiger charge is 2.20. The molecule has 3 N–H and O–H groups in total. The molecule has 1 aliphatic carbocycles. The summed E-state index contributed by atoms with van der Waals surface area (Å²) in [5, 5.41) is 3.21. The zero-order valence-electron chi connectivity index (χ0n) is 10.4. The quantitative estimate of drug-likeness (QED) is 0.710. The summed E-state index contributed by atoms with van der Waals surface area (Å²) in [6.07, 6.45) is 5.12. The average molecular weight is 228 g/mol. The molecule has 0 aromatic carbocycles. The molecular formula is C12H24N2O2. The van der Waals surface area contributed by atoms with E-state index in [-0.39, 0.29) is 11.9 Å². The van der Waals surface area contributed by atoms with Crippen LogP contribution < -0.4 is 11.1 Å². The van der Waals surface area contributed by atoms with Gasteiger partial charge in [-0.2, -0.15) is 0 Å². The smallest absolute Gasteiger partial charge is 0.236 e. The van der Waals surface area contributed by atoms with E-state index in [1.807, 2.05) is 0 Å². The maximum Gasteiger partial charge on any atom is 0.236 e. The van der Waals surface area contributed by atoms with Crippen LogP contribution in [0.25, 0.3) is 0 Å². The van der Waals surface area contributed by atoms with Gasteiger partial charge in [-0.3, -0.25) is 4.79 Å². The molecule has 0 aromatic heterocycles. The van der Waals surface area contributed by atoms with Crippen molar-refractivity contribution in [2.75, 3.05) is 20.3 Å². The van der Waals surface area contributed by atoms with Gasteiger partial charge in [-0.15, -0.1) is 0 Å². The van der Waals surface area contributed by atoms with Gasteiger partial charge in [0.2, 0.25) is 5.91 Å². The first-order valence-electron chi connectivity index (χ1n) is 6.15. The molecule has 1 fully saturated rings. The molecule has 1 aliphatic rings. The van der Waals surface area contributed by atoms with Crippen LogP contribution in [0.4, 0.5) is 0 Å². The molecule has 94 valence electrons. The zero-order chi connectivity index (χ0) is 12.0.